The van der Waals surface area contributed by atoms with Crippen LogP contribution in [0.1, 0.15) is 220 Å². The molecule has 1 fully saturated rings. The van der Waals surface area contributed by atoms with Crippen molar-refractivity contribution in [2.45, 2.75) is 269 Å². The van der Waals surface area contributed by atoms with Gasteiger partial charge in [-0.15, -0.1) is 0 Å². The topological polar surface area (TPSA) is 175 Å². The minimum atomic E-state index is -1.64. The van der Waals surface area contributed by atoms with Crippen molar-refractivity contribution in [3.05, 3.63) is 97.2 Å². The van der Waals surface area contributed by atoms with Gasteiger partial charge < -0.3 is 45.1 Å². The molecule has 1 amide bonds. The minimum Gasteiger partial charge on any atom is -0.454 e. The Labute approximate surface area is 444 Å². The van der Waals surface area contributed by atoms with E-state index in [0.717, 1.165) is 83.5 Å². The predicted octanol–water partition coefficient (Wildman–Crippen LogP) is 13.2. The summed E-state index contributed by atoms with van der Waals surface area (Å²) in [6.07, 6.45) is 54.7. The van der Waals surface area contributed by atoms with Gasteiger partial charge >= 0.3 is 5.97 Å². The molecule has 0 aliphatic carbocycles. The van der Waals surface area contributed by atoms with Gasteiger partial charge in [0.25, 0.3) is 0 Å². The van der Waals surface area contributed by atoms with Gasteiger partial charge in [-0.25, -0.2) is 0 Å². The van der Waals surface area contributed by atoms with Crippen molar-refractivity contribution in [1.29, 1.82) is 0 Å². The number of amides is 1. The number of hydrogen-bond donors (Lipinski definition) is 6. The van der Waals surface area contributed by atoms with Gasteiger partial charge in [0, 0.05) is 12.8 Å². The molecule has 1 aliphatic heterocycles. The van der Waals surface area contributed by atoms with Crippen molar-refractivity contribution in [3.63, 3.8) is 0 Å². The van der Waals surface area contributed by atoms with E-state index in [2.05, 4.69) is 92.9 Å². The SMILES string of the molecule is CC/C=C\C/C=C\C/C=C\C/C=C\C/C=C\C/C=C\CC(O)C(=O)NC(COC1OC(CO)C(O)C(O)C1OC(=O)CCCCC/C=C\CCCCCCCC)C(O)/C=C/CCCCCCCCCCCCC. The van der Waals surface area contributed by atoms with Crippen LogP contribution in [0.4, 0.5) is 0 Å². The molecular weight excluding hydrogens is 919 g/mol. The fourth-order valence-electron chi connectivity index (χ4n) is 8.37. The van der Waals surface area contributed by atoms with Crippen molar-refractivity contribution < 1.29 is 49.3 Å². The molecule has 0 saturated carbocycles. The van der Waals surface area contributed by atoms with Gasteiger partial charge in [-0.1, -0.05) is 221 Å². The number of aliphatic hydroxyl groups is 5. The summed E-state index contributed by atoms with van der Waals surface area (Å²) in [4.78, 5) is 26.4. The number of unbranched alkanes of at least 4 members (excludes halogenated alkanes) is 20. The van der Waals surface area contributed by atoms with Crippen LogP contribution in [-0.2, 0) is 23.8 Å². The highest BCUT2D eigenvalue weighted by molar-refractivity contribution is 5.81. The number of carbonyl (C=O) groups is 2. The average Bonchev–Trinajstić information content (AvgIpc) is 3.39. The monoisotopic (exact) mass is 1020 g/mol. The highest BCUT2D eigenvalue weighted by Crippen LogP contribution is 2.26. The van der Waals surface area contributed by atoms with Gasteiger partial charge in [-0.05, 0) is 83.5 Å². The fraction of sp³-hybridized carbons (Fsp3) is 0.710. The fourth-order valence-corrected chi connectivity index (χ4v) is 8.37. The van der Waals surface area contributed by atoms with E-state index in [1.54, 1.807) is 12.2 Å². The summed E-state index contributed by atoms with van der Waals surface area (Å²) in [6, 6.07) is -1.07. The standard InChI is InChI=1S/C62H105NO10/c1-4-7-10-13-16-19-22-25-26-27-28-29-32-34-37-40-43-46-49-55(66)61(70)63-53(54(65)48-45-42-39-36-33-30-23-20-17-14-11-8-5-2)52-71-62-60(59(69)58(68)56(51-64)72-62)73-57(67)50-47-44-41-38-35-31-24-21-18-15-12-9-6-3/h7,10,16,19,25-26,28-29,31,34-35,37,43,45-46,48,53-56,58-60,62,64-66,68-69H,4-6,8-9,11-15,17-18,20-24,27,30,32-33,36,38-42,44,47,49-52H2,1-3H3,(H,63,70)/b10-7-,19-16-,26-25-,29-28-,35-31-,37-34-,46-43-,48-45+. The van der Waals surface area contributed by atoms with Gasteiger partial charge in [0.1, 0.15) is 24.4 Å². The quantitative estimate of drug-likeness (QED) is 0.0196. The number of allylic oxidation sites excluding steroid dienone is 14. The van der Waals surface area contributed by atoms with Crippen LogP contribution in [0.5, 0.6) is 0 Å². The molecule has 8 unspecified atom stereocenters. The lowest BCUT2D eigenvalue weighted by Crippen LogP contribution is -2.61. The molecule has 418 valence electrons. The zero-order valence-electron chi connectivity index (χ0n) is 46.0. The smallest absolute Gasteiger partial charge is 0.306 e. The summed E-state index contributed by atoms with van der Waals surface area (Å²) < 4.78 is 17.5. The second-order valence-corrected chi connectivity index (χ2v) is 19.6. The summed E-state index contributed by atoms with van der Waals surface area (Å²) in [5.41, 5.74) is 0. The Hall–Kier alpha value is -3.42. The normalized spacial score (nSPS) is 20.1. The zero-order valence-corrected chi connectivity index (χ0v) is 46.0. The molecule has 1 rings (SSSR count). The first-order chi connectivity index (χ1) is 35.7. The molecule has 11 heteroatoms. The van der Waals surface area contributed by atoms with E-state index < -0.39 is 67.4 Å². The molecule has 1 saturated heterocycles. The molecule has 0 radical (unpaired) electrons. The minimum absolute atomic E-state index is 0.0525. The first-order valence-corrected chi connectivity index (χ1v) is 29.0. The van der Waals surface area contributed by atoms with Crippen molar-refractivity contribution in [3.8, 4) is 0 Å². The average molecular weight is 1020 g/mol. The Morgan fingerprint density at radius 3 is 1.47 bits per heavy atom. The Morgan fingerprint density at radius 2 is 0.986 bits per heavy atom. The van der Waals surface area contributed by atoms with Crippen LogP contribution in [-0.4, -0.2) is 99.6 Å². The predicted molar refractivity (Wildman–Crippen MR) is 301 cm³/mol. The van der Waals surface area contributed by atoms with Gasteiger partial charge in [-0.3, -0.25) is 9.59 Å². The van der Waals surface area contributed by atoms with E-state index in [4.69, 9.17) is 14.2 Å². The third-order valence-corrected chi connectivity index (χ3v) is 13.0. The zero-order chi connectivity index (χ0) is 53.3. The molecule has 0 bridgehead atoms. The Morgan fingerprint density at radius 1 is 0.548 bits per heavy atom. The van der Waals surface area contributed by atoms with Crippen LogP contribution in [0.3, 0.4) is 0 Å². The molecule has 73 heavy (non-hydrogen) atoms. The van der Waals surface area contributed by atoms with Crippen LogP contribution in [0.15, 0.2) is 97.2 Å². The molecular formula is C62H105NO10. The van der Waals surface area contributed by atoms with Crippen LogP contribution in [0.2, 0.25) is 0 Å². The van der Waals surface area contributed by atoms with E-state index >= 15 is 0 Å². The number of esters is 1. The number of rotatable bonds is 47. The van der Waals surface area contributed by atoms with Crippen molar-refractivity contribution in [1.82, 2.24) is 5.32 Å². The molecule has 0 aromatic heterocycles. The molecule has 1 aliphatic rings. The van der Waals surface area contributed by atoms with Crippen molar-refractivity contribution >= 4 is 11.9 Å². The van der Waals surface area contributed by atoms with Gasteiger partial charge in [0.05, 0.1) is 25.4 Å². The van der Waals surface area contributed by atoms with E-state index in [1.807, 2.05) is 18.2 Å². The lowest BCUT2D eigenvalue weighted by Gasteiger charge is -2.41. The van der Waals surface area contributed by atoms with Gasteiger partial charge in [0.15, 0.2) is 12.4 Å². The first kappa shape index (κ1) is 67.6. The highest BCUT2D eigenvalue weighted by atomic mass is 16.7. The number of carbonyl (C=O) groups excluding carboxylic acids is 2. The molecule has 0 spiro atoms. The third-order valence-electron chi connectivity index (χ3n) is 13.0. The van der Waals surface area contributed by atoms with Crippen LogP contribution in [0.25, 0.3) is 0 Å². The number of ether oxygens (including phenoxy) is 3. The van der Waals surface area contributed by atoms with E-state index in [-0.39, 0.29) is 19.4 Å². The molecule has 6 N–H and O–H groups in total. The second kappa shape index (κ2) is 49.5. The van der Waals surface area contributed by atoms with Crippen LogP contribution in [0, 0.1) is 0 Å². The lowest BCUT2D eigenvalue weighted by molar-refractivity contribution is -0.305. The Balaban J connectivity index is 2.81. The maximum absolute atomic E-state index is 13.4. The maximum atomic E-state index is 13.4. The Bertz CT molecular complexity index is 1550. The molecule has 0 aromatic rings. The number of aliphatic hydroxyl groups excluding tert-OH is 5. The summed E-state index contributed by atoms with van der Waals surface area (Å²) in [6.45, 7) is 5.59. The highest BCUT2D eigenvalue weighted by Gasteiger charge is 2.47. The summed E-state index contributed by atoms with van der Waals surface area (Å²) in [7, 11) is 0. The lowest BCUT2D eigenvalue weighted by atomic mass is 9.99. The molecule has 1 heterocycles. The van der Waals surface area contributed by atoms with Crippen molar-refractivity contribution in [2.75, 3.05) is 13.2 Å². The van der Waals surface area contributed by atoms with E-state index in [1.165, 1.54) is 89.9 Å². The van der Waals surface area contributed by atoms with Crippen LogP contribution >= 0.6 is 0 Å². The second-order valence-electron chi connectivity index (χ2n) is 19.6. The summed E-state index contributed by atoms with van der Waals surface area (Å²) >= 11 is 0. The largest absolute Gasteiger partial charge is 0.454 e. The Kier molecular flexibility index (Phi) is 45.8. The van der Waals surface area contributed by atoms with Crippen LogP contribution < -0.4 is 5.32 Å². The molecule has 0 aromatic carbocycles. The first-order valence-electron chi connectivity index (χ1n) is 29.0. The van der Waals surface area contributed by atoms with Gasteiger partial charge in [0.2, 0.25) is 5.91 Å². The molecule has 11 nitrogen and oxygen atoms in total. The number of nitrogens with one attached hydrogen (secondary N) is 1. The van der Waals surface area contributed by atoms with Gasteiger partial charge in [-0.2, -0.15) is 0 Å². The number of hydrogen-bond acceptors (Lipinski definition) is 10. The summed E-state index contributed by atoms with van der Waals surface area (Å²) in [5.74, 6) is -1.31. The summed E-state index contributed by atoms with van der Waals surface area (Å²) in [5, 5.41) is 56.7. The maximum Gasteiger partial charge on any atom is 0.306 e. The van der Waals surface area contributed by atoms with E-state index in [9.17, 15) is 35.1 Å². The third kappa shape index (κ3) is 37.9. The molecule has 8 atom stereocenters. The van der Waals surface area contributed by atoms with E-state index in [0.29, 0.717) is 12.8 Å². The van der Waals surface area contributed by atoms with Crippen molar-refractivity contribution in [2.24, 2.45) is 0 Å².